The number of rotatable bonds is 8. The van der Waals surface area contributed by atoms with Crippen LogP contribution in [-0.2, 0) is 38.1 Å². The summed E-state index contributed by atoms with van der Waals surface area (Å²) in [6, 6.07) is 0. The smallest absolute Gasteiger partial charge is 0.333 e. The number of aliphatic hydroxyl groups is 2. The Bertz CT molecular complexity index is 785. The molecule has 1 fully saturated rings. The molecule has 0 heterocycles. The van der Waals surface area contributed by atoms with Gasteiger partial charge in [-0.3, -0.25) is 0 Å². The molecule has 0 saturated heterocycles. The highest BCUT2D eigenvalue weighted by Gasteiger charge is 2.57. The molecule has 1 rings (SSSR count). The van der Waals surface area contributed by atoms with Gasteiger partial charge in [-0.05, 0) is 27.7 Å². The molecule has 0 radical (unpaired) electrons. The Labute approximate surface area is 185 Å². The highest BCUT2D eigenvalue weighted by molar-refractivity contribution is 5.89. The fraction of sp³-hybridized carbons (Fsp3) is 0.455. The number of hydrogen-bond acceptors (Lipinski definition) is 10. The Morgan fingerprint density at radius 1 is 0.500 bits per heavy atom. The summed E-state index contributed by atoms with van der Waals surface area (Å²) >= 11 is 0. The van der Waals surface area contributed by atoms with E-state index in [4.69, 9.17) is 18.9 Å². The fourth-order valence-electron chi connectivity index (χ4n) is 2.59. The minimum absolute atomic E-state index is 0.0528. The maximum atomic E-state index is 12.3. The molecule has 0 spiro atoms. The van der Waals surface area contributed by atoms with Crippen LogP contribution < -0.4 is 0 Å². The third kappa shape index (κ3) is 6.38. The van der Waals surface area contributed by atoms with Crippen molar-refractivity contribution in [3.8, 4) is 0 Å². The molecule has 0 aromatic carbocycles. The second-order valence-electron chi connectivity index (χ2n) is 7.58. The number of esters is 4. The molecule has 0 aliphatic heterocycles. The molecular formula is C22H28O10. The molecular weight excluding hydrogens is 424 g/mol. The Morgan fingerprint density at radius 3 is 0.875 bits per heavy atom. The zero-order valence-electron chi connectivity index (χ0n) is 18.5. The topological polar surface area (TPSA) is 146 Å². The largest absolute Gasteiger partial charge is 0.452 e. The molecule has 10 heteroatoms. The molecule has 0 unspecified atom stereocenters. The van der Waals surface area contributed by atoms with Crippen LogP contribution in [0.3, 0.4) is 0 Å². The summed E-state index contributed by atoms with van der Waals surface area (Å²) in [4.78, 5) is 48.8. The van der Waals surface area contributed by atoms with Crippen molar-refractivity contribution < 1.29 is 48.3 Å². The highest BCUT2D eigenvalue weighted by atomic mass is 16.6. The van der Waals surface area contributed by atoms with E-state index >= 15 is 0 Å². The van der Waals surface area contributed by atoms with E-state index < -0.39 is 60.5 Å². The van der Waals surface area contributed by atoms with Crippen molar-refractivity contribution in [2.24, 2.45) is 0 Å². The van der Waals surface area contributed by atoms with Crippen LogP contribution in [0.4, 0.5) is 0 Å². The fourth-order valence-corrected chi connectivity index (χ4v) is 2.59. The van der Waals surface area contributed by atoms with Crippen LogP contribution in [0.1, 0.15) is 27.7 Å². The van der Waals surface area contributed by atoms with E-state index in [-0.39, 0.29) is 22.3 Å². The van der Waals surface area contributed by atoms with Crippen molar-refractivity contribution in [2.75, 3.05) is 0 Å². The molecule has 1 aliphatic carbocycles. The quantitative estimate of drug-likeness (QED) is 0.306. The van der Waals surface area contributed by atoms with Gasteiger partial charge in [0.1, 0.15) is 12.2 Å². The predicted molar refractivity (Wildman–Crippen MR) is 111 cm³/mol. The van der Waals surface area contributed by atoms with Crippen LogP contribution in [0.25, 0.3) is 0 Å². The van der Waals surface area contributed by atoms with E-state index in [2.05, 4.69) is 26.3 Å². The van der Waals surface area contributed by atoms with Gasteiger partial charge in [0.25, 0.3) is 0 Å². The second-order valence-corrected chi connectivity index (χ2v) is 7.58. The van der Waals surface area contributed by atoms with Crippen LogP contribution in [0.5, 0.6) is 0 Å². The Morgan fingerprint density at radius 2 is 0.688 bits per heavy atom. The number of carbonyl (C=O) groups excluding carboxylic acids is 4. The molecule has 1 aliphatic rings. The van der Waals surface area contributed by atoms with Crippen LogP contribution in [0, 0.1) is 0 Å². The number of ether oxygens (including phenoxy) is 4. The van der Waals surface area contributed by atoms with Gasteiger partial charge in [0.2, 0.25) is 0 Å². The lowest BCUT2D eigenvalue weighted by atomic mass is 9.84. The Balaban J connectivity index is 3.56. The van der Waals surface area contributed by atoms with Crippen LogP contribution in [0.15, 0.2) is 48.6 Å². The summed E-state index contributed by atoms with van der Waals surface area (Å²) < 4.78 is 20.9. The van der Waals surface area contributed by atoms with Crippen molar-refractivity contribution in [1.29, 1.82) is 0 Å². The molecule has 0 bridgehead atoms. The predicted octanol–water partition coefficient (Wildman–Crippen LogP) is 0.673. The lowest BCUT2D eigenvalue weighted by molar-refractivity contribution is -0.249. The molecule has 0 aromatic rings. The summed E-state index contributed by atoms with van der Waals surface area (Å²) in [5.74, 6) is -3.90. The van der Waals surface area contributed by atoms with Crippen LogP contribution in [0.2, 0.25) is 0 Å². The molecule has 1 saturated carbocycles. The first-order valence-corrected chi connectivity index (χ1v) is 9.51. The monoisotopic (exact) mass is 452 g/mol. The van der Waals surface area contributed by atoms with Crippen molar-refractivity contribution in [3.05, 3.63) is 48.6 Å². The molecule has 2 N–H and O–H groups in total. The summed E-state index contributed by atoms with van der Waals surface area (Å²) in [7, 11) is 0. The third-order valence-electron chi connectivity index (χ3n) is 4.36. The zero-order chi connectivity index (χ0) is 24.9. The van der Waals surface area contributed by atoms with Crippen molar-refractivity contribution in [2.45, 2.75) is 64.3 Å². The lowest BCUT2D eigenvalue weighted by Gasteiger charge is -2.45. The molecule has 6 atom stereocenters. The minimum Gasteiger partial charge on any atom is -0.452 e. The number of carbonyl (C=O) groups is 4. The van der Waals surface area contributed by atoms with Crippen LogP contribution >= 0.6 is 0 Å². The maximum Gasteiger partial charge on any atom is 0.333 e. The molecule has 176 valence electrons. The van der Waals surface area contributed by atoms with E-state index in [1.165, 1.54) is 27.7 Å². The second kappa shape index (κ2) is 10.9. The van der Waals surface area contributed by atoms with E-state index in [1.807, 2.05) is 0 Å². The minimum atomic E-state index is -1.90. The van der Waals surface area contributed by atoms with Gasteiger partial charge in [0.15, 0.2) is 24.4 Å². The van der Waals surface area contributed by atoms with Gasteiger partial charge in [-0.1, -0.05) is 26.3 Å². The van der Waals surface area contributed by atoms with Crippen molar-refractivity contribution in [1.82, 2.24) is 0 Å². The van der Waals surface area contributed by atoms with Gasteiger partial charge >= 0.3 is 23.9 Å². The summed E-state index contributed by atoms with van der Waals surface area (Å²) in [5, 5.41) is 21.3. The average Bonchev–Trinajstić information content (AvgIpc) is 2.69. The molecule has 0 aromatic heterocycles. The lowest BCUT2D eigenvalue weighted by Crippen LogP contribution is -2.67. The first-order chi connectivity index (χ1) is 14.7. The Hall–Kier alpha value is -3.24. The van der Waals surface area contributed by atoms with Crippen molar-refractivity contribution >= 4 is 23.9 Å². The van der Waals surface area contributed by atoms with Crippen LogP contribution in [-0.4, -0.2) is 70.7 Å². The maximum absolute atomic E-state index is 12.3. The summed E-state index contributed by atoms with van der Waals surface area (Å²) in [6.07, 6.45) is -10.6. The molecule has 10 nitrogen and oxygen atoms in total. The SMILES string of the molecule is C=C(C)C(=O)O[C@H]1[C@H](OC(=O)C(=C)C)[C@@H](OC(=O)C(=C)C)[C@@H](O)[C@@H](O)[C@@H]1OC(=O)C(=C)C. The van der Waals surface area contributed by atoms with Gasteiger partial charge < -0.3 is 29.2 Å². The van der Waals surface area contributed by atoms with E-state index in [0.29, 0.717) is 0 Å². The number of hydrogen-bond donors (Lipinski definition) is 2. The normalized spacial score (nSPS) is 26.8. The van der Waals surface area contributed by atoms with E-state index in [1.54, 1.807) is 0 Å². The first kappa shape index (κ1) is 26.8. The van der Waals surface area contributed by atoms with Gasteiger partial charge in [0, 0.05) is 22.3 Å². The molecule has 0 amide bonds. The van der Waals surface area contributed by atoms with Gasteiger partial charge in [-0.25, -0.2) is 19.2 Å². The van der Waals surface area contributed by atoms with E-state index in [9.17, 15) is 29.4 Å². The summed E-state index contributed by atoms with van der Waals surface area (Å²) in [5.41, 5.74) is -0.224. The van der Waals surface area contributed by atoms with Gasteiger partial charge in [-0.2, -0.15) is 0 Å². The molecule has 32 heavy (non-hydrogen) atoms. The van der Waals surface area contributed by atoms with Gasteiger partial charge in [-0.15, -0.1) is 0 Å². The standard InChI is InChI=1S/C22H28O10/c1-9(2)19(25)29-15-13(23)14(24)16(30-20(26)10(3)4)18(32-22(28)12(7)8)17(15)31-21(27)11(5)6/h13-18,23-24H,1,3,5,7H2,2,4,6,8H3/t13-,14+,15-,16-,17+,18+/m0/s1. The van der Waals surface area contributed by atoms with Crippen molar-refractivity contribution in [3.63, 3.8) is 0 Å². The zero-order valence-corrected chi connectivity index (χ0v) is 18.5. The Kier molecular flexibility index (Phi) is 9.10. The third-order valence-corrected chi connectivity index (χ3v) is 4.36. The van der Waals surface area contributed by atoms with E-state index in [0.717, 1.165) is 0 Å². The first-order valence-electron chi connectivity index (χ1n) is 9.51. The summed E-state index contributed by atoms with van der Waals surface area (Å²) in [6.45, 7) is 19.1. The number of aliphatic hydroxyl groups excluding tert-OH is 2. The average molecular weight is 452 g/mol. The van der Waals surface area contributed by atoms with Gasteiger partial charge in [0.05, 0.1) is 0 Å². The highest BCUT2D eigenvalue weighted by Crippen LogP contribution is 2.32.